The van der Waals surface area contributed by atoms with Gasteiger partial charge in [0.1, 0.15) is 12.4 Å². The molecule has 1 heterocycles. The lowest BCUT2D eigenvalue weighted by atomic mass is 10.2. The highest BCUT2D eigenvalue weighted by Crippen LogP contribution is 2.18. The number of carboxylic acids is 1. The average molecular weight is 263 g/mol. The van der Waals surface area contributed by atoms with E-state index >= 15 is 0 Å². The Balaban J connectivity index is 2.36. The molecule has 0 radical (unpaired) electrons. The highest BCUT2D eigenvalue weighted by molar-refractivity contribution is 6.06. The van der Waals surface area contributed by atoms with Gasteiger partial charge in [0, 0.05) is 5.69 Å². The molecule has 0 saturated carbocycles. The first-order chi connectivity index (χ1) is 9.08. The number of carbonyl (C=O) groups excluding carboxylic acids is 1. The van der Waals surface area contributed by atoms with Crippen LogP contribution in [0.15, 0.2) is 47.1 Å². The summed E-state index contributed by atoms with van der Waals surface area (Å²) < 4.78 is 18.1. The average Bonchev–Trinajstić information content (AvgIpc) is 2.88. The van der Waals surface area contributed by atoms with Crippen molar-refractivity contribution in [2.24, 2.45) is 0 Å². The maximum Gasteiger partial charge on any atom is 0.323 e. The molecule has 0 aliphatic heterocycles. The SMILES string of the molecule is O=C(O)CN(C(=O)c1ccco1)c1cccc(F)c1. The summed E-state index contributed by atoms with van der Waals surface area (Å²) in [4.78, 5) is 23.9. The second kappa shape index (κ2) is 5.34. The first kappa shape index (κ1) is 12.8. The van der Waals surface area contributed by atoms with Gasteiger partial charge in [-0.3, -0.25) is 14.5 Å². The number of halogens is 1. The number of carbonyl (C=O) groups is 2. The van der Waals surface area contributed by atoms with E-state index < -0.39 is 24.2 Å². The van der Waals surface area contributed by atoms with Crippen molar-refractivity contribution in [2.75, 3.05) is 11.4 Å². The molecule has 98 valence electrons. The van der Waals surface area contributed by atoms with E-state index in [1.807, 2.05) is 0 Å². The second-order valence-corrected chi connectivity index (χ2v) is 3.74. The molecule has 2 aromatic rings. The Hall–Kier alpha value is -2.63. The van der Waals surface area contributed by atoms with Gasteiger partial charge in [0.25, 0.3) is 5.91 Å². The van der Waals surface area contributed by atoms with E-state index in [4.69, 9.17) is 9.52 Å². The van der Waals surface area contributed by atoms with Gasteiger partial charge in [-0.2, -0.15) is 0 Å². The molecule has 1 aromatic carbocycles. The Kier molecular flexibility index (Phi) is 3.61. The summed E-state index contributed by atoms with van der Waals surface area (Å²) >= 11 is 0. The van der Waals surface area contributed by atoms with Crippen LogP contribution in [0, 0.1) is 5.82 Å². The number of aliphatic carboxylic acids is 1. The lowest BCUT2D eigenvalue weighted by Gasteiger charge is -2.19. The Morgan fingerprint density at radius 2 is 2.05 bits per heavy atom. The van der Waals surface area contributed by atoms with Crippen LogP contribution in [0.3, 0.4) is 0 Å². The van der Waals surface area contributed by atoms with Gasteiger partial charge in [-0.25, -0.2) is 4.39 Å². The van der Waals surface area contributed by atoms with Crippen LogP contribution in [-0.4, -0.2) is 23.5 Å². The van der Waals surface area contributed by atoms with Crippen molar-refractivity contribution >= 4 is 17.6 Å². The zero-order valence-corrected chi connectivity index (χ0v) is 9.75. The van der Waals surface area contributed by atoms with E-state index in [-0.39, 0.29) is 11.4 Å². The summed E-state index contributed by atoms with van der Waals surface area (Å²) in [6.45, 7) is -0.580. The van der Waals surface area contributed by atoms with Gasteiger partial charge in [-0.1, -0.05) is 6.07 Å². The molecule has 0 aliphatic rings. The number of nitrogens with zero attached hydrogens (tertiary/aromatic N) is 1. The van der Waals surface area contributed by atoms with Crippen LogP contribution in [0.1, 0.15) is 10.6 Å². The highest BCUT2D eigenvalue weighted by atomic mass is 19.1. The van der Waals surface area contributed by atoms with E-state index in [1.165, 1.54) is 36.6 Å². The predicted octanol–water partition coefficient (Wildman–Crippen LogP) is 2.15. The molecule has 1 aromatic heterocycles. The van der Waals surface area contributed by atoms with Crippen LogP contribution in [0.2, 0.25) is 0 Å². The number of amides is 1. The van der Waals surface area contributed by atoms with Crippen LogP contribution in [0.5, 0.6) is 0 Å². The molecule has 0 spiro atoms. The lowest BCUT2D eigenvalue weighted by molar-refractivity contribution is -0.135. The van der Waals surface area contributed by atoms with Crippen molar-refractivity contribution in [3.63, 3.8) is 0 Å². The summed E-state index contributed by atoms with van der Waals surface area (Å²) in [6, 6.07) is 8.07. The molecule has 6 heteroatoms. The zero-order chi connectivity index (χ0) is 13.8. The van der Waals surface area contributed by atoms with Gasteiger partial charge in [0.05, 0.1) is 6.26 Å². The molecule has 0 saturated heterocycles. The molecule has 0 atom stereocenters. The fraction of sp³-hybridized carbons (Fsp3) is 0.0769. The van der Waals surface area contributed by atoms with Crippen molar-refractivity contribution < 1.29 is 23.5 Å². The van der Waals surface area contributed by atoms with Crippen LogP contribution < -0.4 is 4.90 Å². The molecule has 1 amide bonds. The van der Waals surface area contributed by atoms with Gasteiger partial charge in [0.2, 0.25) is 0 Å². The summed E-state index contributed by atoms with van der Waals surface area (Å²) in [7, 11) is 0. The molecular formula is C13H10FNO4. The predicted molar refractivity (Wildman–Crippen MR) is 64.4 cm³/mol. The minimum absolute atomic E-state index is 0.00879. The highest BCUT2D eigenvalue weighted by Gasteiger charge is 2.22. The van der Waals surface area contributed by atoms with Crippen LogP contribution >= 0.6 is 0 Å². The van der Waals surface area contributed by atoms with Crippen LogP contribution in [0.4, 0.5) is 10.1 Å². The summed E-state index contributed by atoms with van der Waals surface area (Å²) in [6.07, 6.45) is 1.30. The topological polar surface area (TPSA) is 70.8 Å². The molecule has 0 aliphatic carbocycles. The van der Waals surface area contributed by atoms with Crippen molar-refractivity contribution in [3.05, 3.63) is 54.2 Å². The Bertz CT molecular complexity index is 594. The number of rotatable bonds is 4. The van der Waals surface area contributed by atoms with Crippen molar-refractivity contribution in [1.29, 1.82) is 0 Å². The van der Waals surface area contributed by atoms with E-state index in [2.05, 4.69) is 0 Å². The number of hydrogen-bond donors (Lipinski definition) is 1. The van der Waals surface area contributed by atoms with E-state index in [9.17, 15) is 14.0 Å². The molecule has 0 bridgehead atoms. The summed E-state index contributed by atoms with van der Waals surface area (Å²) in [5.74, 6) is -2.41. The van der Waals surface area contributed by atoms with Gasteiger partial charge in [-0.15, -0.1) is 0 Å². The molecule has 2 rings (SSSR count). The Morgan fingerprint density at radius 3 is 2.63 bits per heavy atom. The molecule has 1 N–H and O–H groups in total. The molecule has 0 fully saturated rings. The molecular weight excluding hydrogens is 253 g/mol. The smallest absolute Gasteiger partial charge is 0.323 e. The normalized spacial score (nSPS) is 10.2. The lowest BCUT2D eigenvalue weighted by Crippen LogP contribution is -2.35. The minimum atomic E-state index is -1.20. The Labute approximate surface area is 107 Å². The number of carboxylic acid groups (broad SMARTS) is 1. The van der Waals surface area contributed by atoms with E-state index in [1.54, 1.807) is 0 Å². The summed E-state index contributed by atoms with van der Waals surface area (Å²) in [5, 5.41) is 8.84. The minimum Gasteiger partial charge on any atom is -0.480 e. The number of hydrogen-bond acceptors (Lipinski definition) is 3. The third-order valence-corrected chi connectivity index (χ3v) is 2.39. The van der Waals surface area contributed by atoms with Crippen LogP contribution in [0.25, 0.3) is 0 Å². The van der Waals surface area contributed by atoms with E-state index in [0.717, 1.165) is 11.0 Å². The first-order valence-electron chi connectivity index (χ1n) is 5.40. The number of anilines is 1. The maximum absolute atomic E-state index is 13.2. The van der Waals surface area contributed by atoms with Crippen LogP contribution in [-0.2, 0) is 4.79 Å². The first-order valence-corrected chi connectivity index (χ1v) is 5.40. The third-order valence-electron chi connectivity index (χ3n) is 2.39. The third kappa shape index (κ3) is 2.98. The van der Waals surface area contributed by atoms with Gasteiger partial charge >= 0.3 is 5.97 Å². The summed E-state index contributed by atoms with van der Waals surface area (Å²) in [5.41, 5.74) is 0.156. The fourth-order valence-corrected chi connectivity index (χ4v) is 1.59. The van der Waals surface area contributed by atoms with Crippen molar-refractivity contribution in [3.8, 4) is 0 Å². The molecule has 19 heavy (non-hydrogen) atoms. The zero-order valence-electron chi connectivity index (χ0n) is 9.75. The molecule has 0 unspecified atom stereocenters. The van der Waals surface area contributed by atoms with E-state index in [0.29, 0.717) is 0 Å². The Morgan fingerprint density at radius 1 is 1.26 bits per heavy atom. The van der Waals surface area contributed by atoms with Crippen molar-refractivity contribution in [1.82, 2.24) is 0 Å². The van der Waals surface area contributed by atoms with Crippen molar-refractivity contribution in [2.45, 2.75) is 0 Å². The second-order valence-electron chi connectivity index (χ2n) is 3.74. The maximum atomic E-state index is 13.2. The fourth-order valence-electron chi connectivity index (χ4n) is 1.59. The quantitative estimate of drug-likeness (QED) is 0.917. The monoisotopic (exact) mass is 263 g/mol. The number of benzene rings is 1. The number of furan rings is 1. The van der Waals surface area contributed by atoms with Gasteiger partial charge < -0.3 is 9.52 Å². The van der Waals surface area contributed by atoms with Gasteiger partial charge in [-0.05, 0) is 30.3 Å². The van der Waals surface area contributed by atoms with Gasteiger partial charge in [0.15, 0.2) is 5.76 Å². The standard InChI is InChI=1S/C13H10FNO4/c14-9-3-1-4-10(7-9)15(8-12(16)17)13(18)11-5-2-6-19-11/h1-7H,8H2,(H,16,17). The molecule has 5 nitrogen and oxygen atoms in total. The largest absolute Gasteiger partial charge is 0.480 e.